The average Bonchev–Trinajstić information content (AvgIpc) is 2.77. The number of esters is 1. The van der Waals surface area contributed by atoms with Gasteiger partial charge in [0.15, 0.2) is 5.78 Å². The molecule has 3 aliphatic rings. The third-order valence-corrected chi connectivity index (χ3v) is 5.57. The molecule has 104 valence electrons. The van der Waals surface area contributed by atoms with E-state index >= 15 is 0 Å². The highest BCUT2D eigenvalue weighted by Crippen LogP contribution is 2.59. The highest BCUT2D eigenvalue weighted by atomic mass is 16.6. The van der Waals surface area contributed by atoms with Crippen LogP contribution >= 0.6 is 0 Å². The van der Waals surface area contributed by atoms with Gasteiger partial charge in [-0.2, -0.15) is 0 Å². The SMILES string of the molecule is C[C@@H]1CC(=O)C=C2C(=O)O[C@](C)(CO)[C@@H]3CC[C@@]21C3. The van der Waals surface area contributed by atoms with Gasteiger partial charge in [0.05, 0.1) is 6.61 Å². The number of allylic oxidation sites excluding steroid dienone is 1. The maximum atomic E-state index is 12.3. The van der Waals surface area contributed by atoms with E-state index in [2.05, 4.69) is 6.92 Å². The number of ketones is 1. The predicted octanol–water partition coefficient (Wildman–Crippen LogP) is 1.62. The molecule has 1 N–H and O–H groups in total. The molecule has 0 radical (unpaired) electrons. The molecule has 3 rings (SSSR count). The number of rotatable bonds is 1. The van der Waals surface area contributed by atoms with Crippen LogP contribution < -0.4 is 0 Å². The molecule has 1 aliphatic heterocycles. The number of ether oxygens (including phenoxy) is 1. The van der Waals surface area contributed by atoms with Crippen molar-refractivity contribution >= 4 is 11.8 Å². The van der Waals surface area contributed by atoms with Crippen molar-refractivity contribution in [2.75, 3.05) is 6.61 Å². The van der Waals surface area contributed by atoms with Gasteiger partial charge in [0.1, 0.15) is 5.60 Å². The molecular weight excluding hydrogens is 244 g/mol. The molecule has 4 heteroatoms. The van der Waals surface area contributed by atoms with Gasteiger partial charge >= 0.3 is 5.97 Å². The van der Waals surface area contributed by atoms with Gasteiger partial charge in [-0.05, 0) is 38.2 Å². The molecule has 2 fully saturated rings. The Kier molecular flexibility index (Phi) is 2.65. The third kappa shape index (κ3) is 1.62. The molecular formula is C15H20O4. The van der Waals surface area contributed by atoms with Crippen LogP contribution in [0.1, 0.15) is 39.5 Å². The highest BCUT2D eigenvalue weighted by Gasteiger charge is 2.58. The van der Waals surface area contributed by atoms with Gasteiger partial charge in [-0.1, -0.05) is 6.92 Å². The molecule has 4 atom stereocenters. The Labute approximate surface area is 112 Å². The van der Waals surface area contributed by atoms with Crippen molar-refractivity contribution in [2.24, 2.45) is 17.3 Å². The minimum Gasteiger partial charge on any atom is -0.453 e. The zero-order valence-corrected chi connectivity index (χ0v) is 11.4. The Morgan fingerprint density at radius 1 is 1.47 bits per heavy atom. The first-order valence-corrected chi connectivity index (χ1v) is 7.00. The van der Waals surface area contributed by atoms with Crippen LogP contribution in [-0.4, -0.2) is 29.1 Å². The largest absolute Gasteiger partial charge is 0.453 e. The summed E-state index contributed by atoms with van der Waals surface area (Å²) in [6.45, 7) is 3.70. The summed E-state index contributed by atoms with van der Waals surface area (Å²) in [5.41, 5.74) is -0.458. The average molecular weight is 264 g/mol. The zero-order valence-electron chi connectivity index (χ0n) is 11.4. The van der Waals surface area contributed by atoms with Crippen LogP contribution in [0.25, 0.3) is 0 Å². The molecule has 2 aliphatic carbocycles. The summed E-state index contributed by atoms with van der Waals surface area (Å²) >= 11 is 0. The van der Waals surface area contributed by atoms with Gasteiger partial charge in [-0.3, -0.25) is 4.79 Å². The number of carbonyl (C=O) groups is 2. The fraction of sp³-hybridized carbons (Fsp3) is 0.733. The van der Waals surface area contributed by atoms with E-state index in [-0.39, 0.29) is 29.6 Å². The Balaban J connectivity index is 2.12. The quantitative estimate of drug-likeness (QED) is 0.731. The maximum Gasteiger partial charge on any atom is 0.335 e. The topological polar surface area (TPSA) is 63.6 Å². The van der Waals surface area contributed by atoms with Crippen molar-refractivity contribution in [3.8, 4) is 0 Å². The van der Waals surface area contributed by atoms with Crippen LogP contribution in [0, 0.1) is 17.3 Å². The first kappa shape index (κ1) is 12.9. The van der Waals surface area contributed by atoms with Gasteiger partial charge in [0, 0.05) is 23.3 Å². The van der Waals surface area contributed by atoms with Crippen LogP contribution in [0.15, 0.2) is 11.6 Å². The van der Waals surface area contributed by atoms with E-state index in [1.165, 1.54) is 6.08 Å². The number of aliphatic hydroxyl groups excluding tert-OH is 1. The maximum absolute atomic E-state index is 12.3. The number of cyclic esters (lactones) is 1. The zero-order chi connectivity index (χ0) is 13.8. The molecule has 1 spiro atoms. The molecule has 0 amide bonds. The molecule has 0 unspecified atom stereocenters. The Morgan fingerprint density at radius 2 is 2.21 bits per heavy atom. The second-order valence-electron chi connectivity index (χ2n) is 6.59. The van der Waals surface area contributed by atoms with E-state index in [0.717, 1.165) is 19.3 Å². The Hall–Kier alpha value is -1.16. The summed E-state index contributed by atoms with van der Waals surface area (Å²) in [6, 6.07) is 0. The molecule has 0 aromatic carbocycles. The molecule has 1 saturated carbocycles. The van der Waals surface area contributed by atoms with E-state index in [1.807, 2.05) is 0 Å². The molecule has 1 heterocycles. The summed E-state index contributed by atoms with van der Waals surface area (Å²) in [4.78, 5) is 24.1. The molecule has 0 aromatic heterocycles. The molecule has 0 aromatic rings. The normalized spacial score (nSPS) is 45.3. The predicted molar refractivity (Wildman–Crippen MR) is 68.2 cm³/mol. The fourth-order valence-corrected chi connectivity index (χ4v) is 4.19. The summed E-state index contributed by atoms with van der Waals surface area (Å²) in [5, 5.41) is 9.60. The van der Waals surface area contributed by atoms with Crippen LogP contribution in [-0.2, 0) is 14.3 Å². The number of fused-ring (bicyclic) bond motifs is 1. The Bertz CT molecular complexity index is 481. The number of aliphatic hydroxyl groups is 1. The highest BCUT2D eigenvalue weighted by molar-refractivity contribution is 6.02. The van der Waals surface area contributed by atoms with Gasteiger partial charge in [0.25, 0.3) is 0 Å². The van der Waals surface area contributed by atoms with Crippen LogP contribution in [0.3, 0.4) is 0 Å². The van der Waals surface area contributed by atoms with Crippen LogP contribution in [0.2, 0.25) is 0 Å². The first-order chi connectivity index (χ1) is 8.91. The van der Waals surface area contributed by atoms with Crippen molar-refractivity contribution in [3.63, 3.8) is 0 Å². The van der Waals surface area contributed by atoms with Crippen LogP contribution in [0.4, 0.5) is 0 Å². The van der Waals surface area contributed by atoms with E-state index < -0.39 is 11.6 Å². The first-order valence-electron chi connectivity index (χ1n) is 7.00. The summed E-state index contributed by atoms with van der Waals surface area (Å²) < 4.78 is 5.53. The van der Waals surface area contributed by atoms with Gasteiger partial charge in [0.2, 0.25) is 0 Å². The van der Waals surface area contributed by atoms with Crippen molar-refractivity contribution in [2.45, 2.75) is 45.1 Å². The molecule has 1 saturated heterocycles. The van der Waals surface area contributed by atoms with Gasteiger partial charge in [-0.15, -0.1) is 0 Å². The monoisotopic (exact) mass is 264 g/mol. The minimum atomic E-state index is -0.804. The van der Waals surface area contributed by atoms with E-state index in [4.69, 9.17) is 4.74 Å². The summed E-state index contributed by atoms with van der Waals surface area (Å²) in [6.07, 6.45) is 4.71. The van der Waals surface area contributed by atoms with Crippen LogP contribution in [0.5, 0.6) is 0 Å². The van der Waals surface area contributed by atoms with Gasteiger partial charge in [-0.25, -0.2) is 4.79 Å². The molecule has 19 heavy (non-hydrogen) atoms. The van der Waals surface area contributed by atoms with Crippen molar-refractivity contribution in [1.82, 2.24) is 0 Å². The standard InChI is InChI=1S/C15H20O4/c1-9-5-11(17)6-12-13(18)19-14(2,8-16)10-3-4-15(9,12)7-10/h6,9-10,16H,3-5,7-8H2,1-2H3/t9-,10-,14-,15+/m1/s1. The minimum absolute atomic E-state index is 0.0149. The van der Waals surface area contributed by atoms with E-state index in [0.29, 0.717) is 12.0 Å². The van der Waals surface area contributed by atoms with E-state index in [9.17, 15) is 14.7 Å². The lowest BCUT2D eigenvalue weighted by molar-refractivity contribution is -0.163. The second-order valence-corrected chi connectivity index (χ2v) is 6.59. The van der Waals surface area contributed by atoms with Crippen molar-refractivity contribution in [3.05, 3.63) is 11.6 Å². The smallest absolute Gasteiger partial charge is 0.335 e. The summed E-state index contributed by atoms with van der Waals surface area (Å²) in [7, 11) is 0. The van der Waals surface area contributed by atoms with E-state index in [1.54, 1.807) is 6.92 Å². The number of hydrogen-bond acceptors (Lipinski definition) is 4. The van der Waals surface area contributed by atoms with Crippen molar-refractivity contribution < 1.29 is 19.4 Å². The number of hydrogen-bond donors (Lipinski definition) is 1. The number of carbonyl (C=O) groups excluding carboxylic acids is 2. The third-order valence-electron chi connectivity index (χ3n) is 5.57. The van der Waals surface area contributed by atoms with Gasteiger partial charge < -0.3 is 9.84 Å². The fourth-order valence-electron chi connectivity index (χ4n) is 4.19. The Morgan fingerprint density at radius 3 is 2.89 bits per heavy atom. The lowest BCUT2D eigenvalue weighted by atomic mass is 9.64. The molecule has 2 bridgehead atoms. The van der Waals surface area contributed by atoms with Crippen molar-refractivity contribution in [1.29, 1.82) is 0 Å². The molecule has 4 nitrogen and oxygen atoms in total. The lowest BCUT2D eigenvalue weighted by Gasteiger charge is -2.38. The second kappa shape index (κ2) is 3.92. The summed E-state index contributed by atoms with van der Waals surface area (Å²) in [5.74, 6) is -0.0265. The lowest BCUT2D eigenvalue weighted by Crippen LogP contribution is -2.42.